The number of aliphatic hydroxyl groups is 1. The average Bonchev–Trinajstić information content (AvgIpc) is 3.48. The molecule has 4 aromatic rings. The summed E-state index contributed by atoms with van der Waals surface area (Å²) in [5.41, 5.74) is 3.46. The van der Waals surface area contributed by atoms with E-state index in [2.05, 4.69) is 4.98 Å². The molecular formula is C23H25FN6O3S2. The van der Waals surface area contributed by atoms with E-state index in [0.29, 0.717) is 48.2 Å². The highest BCUT2D eigenvalue weighted by molar-refractivity contribution is 7.88. The lowest BCUT2D eigenvalue weighted by Crippen LogP contribution is -2.37. The largest absolute Gasteiger partial charge is 0.390 e. The quantitative estimate of drug-likeness (QED) is 0.419. The molecule has 0 saturated carbocycles. The number of hydrogen-bond donors (Lipinski definition) is 1. The molecule has 4 heterocycles. The molecule has 12 heteroatoms. The van der Waals surface area contributed by atoms with Crippen LogP contribution in [0.2, 0.25) is 0 Å². The molecule has 0 amide bonds. The van der Waals surface area contributed by atoms with Gasteiger partial charge in [-0.25, -0.2) is 27.1 Å². The Labute approximate surface area is 206 Å². The SMILES string of the molecule is CN(c1nc(-c2ccc(F)cc2)cs1)c1c(CO)nc2ccc(C3CCN(S(C)(=O)=O)CC3)nn12. The molecule has 0 bridgehead atoms. The van der Waals surface area contributed by atoms with Crippen LogP contribution in [0.4, 0.5) is 15.3 Å². The van der Waals surface area contributed by atoms with Crippen LogP contribution >= 0.6 is 11.3 Å². The Bertz CT molecular complexity index is 1460. The molecule has 3 aromatic heterocycles. The smallest absolute Gasteiger partial charge is 0.211 e. The number of piperidine rings is 1. The summed E-state index contributed by atoms with van der Waals surface area (Å²) in [6.45, 7) is 0.668. The zero-order chi connectivity index (χ0) is 24.7. The van der Waals surface area contributed by atoms with Gasteiger partial charge < -0.3 is 10.0 Å². The maximum absolute atomic E-state index is 13.3. The highest BCUT2D eigenvalue weighted by Gasteiger charge is 2.28. The summed E-state index contributed by atoms with van der Waals surface area (Å²) in [5, 5.41) is 17.4. The Kier molecular flexibility index (Phi) is 6.30. The van der Waals surface area contributed by atoms with Crippen molar-refractivity contribution in [2.45, 2.75) is 25.4 Å². The zero-order valence-corrected chi connectivity index (χ0v) is 20.9. The van der Waals surface area contributed by atoms with Crippen molar-refractivity contribution in [2.75, 3.05) is 31.3 Å². The third-order valence-electron chi connectivity index (χ3n) is 6.27. The molecule has 1 fully saturated rings. The first-order valence-corrected chi connectivity index (χ1v) is 13.9. The van der Waals surface area contributed by atoms with Crippen LogP contribution in [-0.4, -0.2) is 63.8 Å². The fraction of sp³-hybridized carbons (Fsp3) is 0.348. The summed E-state index contributed by atoms with van der Waals surface area (Å²) in [6.07, 6.45) is 2.61. The molecule has 0 radical (unpaired) electrons. The Balaban J connectivity index is 1.46. The van der Waals surface area contributed by atoms with E-state index in [1.165, 1.54) is 34.0 Å². The van der Waals surface area contributed by atoms with Crippen molar-refractivity contribution in [3.8, 4) is 11.3 Å². The van der Waals surface area contributed by atoms with Gasteiger partial charge in [0.2, 0.25) is 10.0 Å². The van der Waals surface area contributed by atoms with Crippen molar-refractivity contribution in [1.29, 1.82) is 0 Å². The summed E-state index contributed by atoms with van der Waals surface area (Å²) in [7, 11) is -1.35. The van der Waals surface area contributed by atoms with Gasteiger partial charge in [-0.3, -0.25) is 0 Å². The molecule has 1 saturated heterocycles. The van der Waals surface area contributed by atoms with Crippen molar-refractivity contribution in [1.82, 2.24) is 23.9 Å². The van der Waals surface area contributed by atoms with Crippen LogP contribution in [0.15, 0.2) is 41.8 Å². The topological polar surface area (TPSA) is 104 Å². The minimum absolute atomic E-state index is 0.125. The van der Waals surface area contributed by atoms with E-state index in [1.54, 1.807) is 16.6 Å². The summed E-state index contributed by atoms with van der Waals surface area (Å²) in [6, 6.07) is 9.96. The van der Waals surface area contributed by atoms with E-state index >= 15 is 0 Å². The first-order valence-electron chi connectivity index (χ1n) is 11.1. The van der Waals surface area contributed by atoms with E-state index in [4.69, 9.17) is 10.1 Å². The maximum atomic E-state index is 13.3. The van der Waals surface area contributed by atoms with Crippen LogP contribution in [0.1, 0.15) is 30.1 Å². The number of sulfonamides is 1. The number of benzene rings is 1. The fourth-order valence-corrected chi connectivity index (χ4v) is 6.06. The van der Waals surface area contributed by atoms with Crippen molar-refractivity contribution >= 4 is 38.0 Å². The number of aromatic nitrogens is 4. The van der Waals surface area contributed by atoms with E-state index in [0.717, 1.165) is 17.0 Å². The second kappa shape index (κ2) is 9.26. The lowest BCUT2D eigenvalue weighted by Gasteiger charge is -2.29. The minimum Gasteiger partial charge on any atom is -0.390 e. The number of aliphatic hydroxyl groups excluding tert-OH is 1. The number of nitrogens with zero attached hydrogens (tertiary/aromatic N) is 6. The van der Waals surface area contributed by atoms with Gasteiger partial charge in [-0.15, -0.1) is 11.3 Å². The molecular weight excluding hydrogens is 491 g/mol. The van der Waals surface area contributed by atoms with Crippen LogP contribution in [-0.2, 0) is 16.6 Å². The second-order valence-corrected chi connectivity index (χ2v) is 11.4. The van der Waals surface area contributed by atoms with E-state index < -0.39 is 10.0 Å². The molecule has 184 valence electrons. The number of rotatable bonds is 6. The zero-order valence-electron chi connectivity index (χ0n) is 19.3. The van der Waals surface area contributed by atoms with Gasteiger partial charge in [0.05, 0.1) is 24.3 Å². The standard InChI is InChI=1S/C23H25FN6O3S2/c1-28(23-26-20(14-34-23)15-3-5-17(24)6-4-15)22-19(13-31)25-21-8-7-18(27-30(21)22)16-9-11-29(12-10-16)35(2,32)33/h3-8,14,16,31H,9-13H2,1-2H3. The number of anilines is 2. The van der Waals surface area contributed by atoms with Gasteiger partial charge in [-0.1, -0.05) is 0 Å². The van der Waals surface area contributed by atoms with E-state index in [-0.39, 0.29) is 18.3 Å². The predicted octanol–water partition coefficient (Wildman–Crippen LogP) is 3.39. The van der Waals surface area contributed by atoms with Crippen molar-refractivity contribution in [3.05, 3.63) is 59.0 Å². The molecule has 0 spiro atoms. The molecule has 5 rings (SSSR count). The van der Waals surface area contributed by atoms with Crippen LogP contribution in [0, 0.1) is 5.82 Å². The Hall–Kier alpha value is -2.93. The number of imidazole rings is 1. The number of thiazole rings is 1. The molecule has 0 aliphatic carbocycles. The highest BCUT2D eigenvalue weighted by Crippen LogP contribution is 2.34. The summed E-state index contributed by atoms with van der Waals surface area (Å²) < 4.78 is 40.2. The molecule has 0 unspecified atom stereocenters. The number of fused-ring (bicyclic) bond motifs is 1. The molecule has 1 aliphatic heterocycles. The van der Waals surface area contributed by atoms with Gasteiger partial charge in [-0.05, 0) is 49.2 Å². The van der Waals surface area contributed by atoms with Crippen LogP contribution in [0.3, 0.4) is 0 Å². The van der Waals surface area contributed by atoms with Gasteiger partial charge in [0.15, 0.2) is 16.6 Å². The normalized spacial score (nSPS) is 15.7. The Morgan fingerprint density at radius 3 is 2.51 bits per heavy atom. The first kappa shape index (κ1) is 23.8. The van der Waals surface area contributed by atoms with Gasteiger partial charge in [0, 0.05) is 37.0 Å². The van der Waals surface area contributed by atoms with Gasteiger partial charge >= 0.3 is 0 Å². The van der Waals surface area contributed by atoms with E-state index in [1.807, 2.05) is 29.5 Å². The van der Waals surface area contributed by atoms with Crippen molar-refractivity contribution in [3.63, 3.8) is 0 Å². The highest BCUT2D eigenvalue weighted by atomic mass is 32.2. The summed E-state index contributed by atoms with van der Waals surface area (Å²) in [5.74, 6) is 0.432. The van der Waals surface area contributed by atoms with E-state index in [9.17, 15) is 17.9 Å². The molecule has 0 atom stereocenters. The van der Waals surface area contributed by atoms with Gasteiger partial charge in [0.1, 0.15) is 11.5 Å². The van der Waals surface area contributed by atoms with Crippen LogP contribution < -0.4 is 4.90 Å². The van der Waals surface area contributed by atoms with Crippen molar-refractivity contribution in [2.24, 2.45) is 0 Å². The minimum atomic E-state index is -3.20. The molecule has 35 heavy (non-hydrogen) atoms. The lowest BCUT2D eigenvalue weighted by molar-refractivity contribution is 0.278. The Morgan fingerprint density at radius 1 is 1.14 bits per heavy atom. The lowest BCUT2D eigenvalue weighted by atomic mass is 9.94. The van der Waals surface area contributed by atoms with Gasteiger partial charge in [0.25, 0.3) is 0 Å². The average molecular weight is 517 g/mol. The van der Waals surface area contributed by atoms with Crippen LogP contribution in [0.25, 0.3) is 16.9 Å². The first-order chi connectivity index (χ1) is 16.7. The third kappa shape index (κ3) is 4.66. The van der Waals surface area contributed by atoms with Crippen LogP contribution in [0.5, 0.6) is 0 Å². The van der Waals surface area contributed by atoms with Crippen molar-refractivity contribution < 1.29 is 17.9 Å². The maximum Gasteiger partial charge on any atom is 0.211 e. The van der Waals surface area contributed by atoms with Gasteiger partial charge in [-0.2, -0.15) is 9.61 Å². The predicted molar refractivity (Wildman–Crippen MR) is 133 cm³/mol. The number of hydrogen-bond acceptors (Lipinski definition) is 8. The number of halogens is 1. The second-order valence-electron chi connectivity index (χ2n) is 8.59. The molecule has 1 N–H and O–H groups in total. The monoisotopic (exact) mass is 516 g/mol. The summed E-state index contributed by atoms with van der Waals surface area (Å²) in [4.78, 5) is 11.1. The fourth-order valence-electron chi connectivity index (χ4n) is 4.39. The molecule has 1 aliphatic rings. The molecule has 1 aromatic carbocycles. The summed E-state index contributed by atoms with van der Waals surface area (Å²) >= 11 is 1.43. The third-order valence-corrected chi connectivity index (χ3v) is 8.49. The Morgan fingerprint density at radius 2 is 1.86 bits per heavy atom. The molecule has 9 nitrogen and oxygen atoms in total.